The zero-order chi connectivity index (χ0) is 21.6. The van der Waals surface area contributed by atoms with Crippen LogP contribution in [0.25, 0.3) is 5.57 Å². The number of ether oxygens (including phenoxy) is 2. The Hall–Kier alpha value is -2.96. The summed E-state index contributed by atoms with van der Waals surface area (Å²) in [5, 5.41) is 2.57. The number of carbonyl (C=O) groups is 1. The first-order valence-electron chi connectivity index (χ1n) is 9.11. The SMILES string of the molecule is COc1cc(C(C)NC(=O)/C=C(/c2ccccc2)C(F)(F)F)ccc1OC(C)C. The van der Waals surface area contributed by atoms with Crippen LogP contribution >= 0.6 is 0 Å². The number of amides is 1. The van der Waals surface area contributed by atoms with Crippen LogP contribution in [0.5, 0.6) is 11.5 Å². The number of allylic oxidation sites excluding steroid dienone is 1. The largest absolute Gasteiger partial charge is 0.493 e. The normalized spacial score (nSPS) is 13.2. The lowest BCUT2D eigenvalue weighted by molar-refractivity contribution is -0.117. The van der Waals surface area contributed by atoms with Gasteiger partial charge in [0, 0.05) is 6.08 Å². The van der Waals surface area contributed by atoms with Crippen molar-refractivity contribution in [1.82, 2.24) is 5.32 Å². The van der Waals surface area contributed by atoms with Crippen LogP contribution in [0.1, 0.15) is 37.9 Å². The smallest absolute Gasteiger partial charge is 0.417 e. The topological polar surface area (TPSA) is 47.6 Å². The molecular formula is C22H24F3NO3. The molecule has 0 bridgehead atoms. The number of halogens is 3. The van der Waals surface area contributed by atoms with Gasteiger partial charge < -0.3 is 14.8 Å². The first-order valence-corrected chi connectivity index (χ1v) is 9.11. The first-order chi connectivity index (χ1) is 13.6. The van der Waals surface area contributed by atoms with Crippen molar-refractivity contribution in [3.63, 3.8) is 0 Å². The molecule has 2 aromatic carbocycles. The number of nitrogens with one attached hydrogen (secondary N) is 1. The molecule has 29 heavy (non-hydrogen) atoms. The van der Waals surface area contributed by atoms with Gasteiger partial charge in [0.15, 0.2) is 11.5 Å². The van der Waals surface area contributed by atoms with Gasteiger partial charge in [0.1, 0.15) is 0 Å². The molecule has 1 N–H and O–H groups in total. The molecule has 0 radical (unpaired) electrons. The molecule has 0 saturated carbocycles. The lowest BCUT2D eigenvalue weighted by atomic mass is 10.0. The number of hydrogen-bond donors (Lipinski definition) is 1. The maximum atomic E-state index is 13.4. The number of carbonyl (C=O) groups excluding carboxylic acids is 1. The van der Waals surface area contributed by atoms with E-state index in [1.165, 1.54) is 31.4 Å². The lowest BCUT2D eigenvalue weighted by Crippen LogP contribution is -2.26. The molecular weight excluding hydrogens is 383 g/mol. The van der Waals surface area contributed by atoms with E-state index < -0.39 is 23.7 Å². The highest BCUT2D eigenvalue weighted by Crippen LogP contribution is 2.34. The van der Waals surface area contributed by atoms with E-state index in [0.29, 0.717) is 23.1 Å². The van der Waals surface area contributed by atoms with E-state index in [9.17, 15) is 18.0 Å². The number of benzene rings is 2. The third-order valence-electron chi connectivity index (χ3n) is 4.07. The summed E-state index contributed by atoms with van der Waals surface area (Å²) in [5.41, 5.74) is -0.395. The van der Waals surface area contributed by atoms with Crippen molar-refractivity contribution in [2.75, 3.05) is 7.11 Å². The first kappa shape index (κ1) is 22.3. The quantitative estimate of drug-likeness (QED) is 0.633. The average molecular weight is 407 g/mol. The molecule has 7 heteroatoms. The maximum Gasteiger partial charge on any atom is 0.417 e. The van der Waals surface area contributed by atoms with E-state index in [-0.39, 0.29) is 11.7 Å². The summed E-state index contributed by atoms with van der Waals surface area (Å²) in [6.45, 7) is 5.44. The van der Waals surface area contributed by atoms with Crippen molar-refractivity contribution >= 4 is 11.5 Å². The van der Waals surface area contributed by atoms with E-state index in [1.807, 2.05) is 13.8 Å². The Morgan fingerprint density at radius 1 is 1.03 bits per heavy atom. The molecule has 0 fully saturated rings. The zero-order valence-electron chi connectivity index (χ0n) is 16.7. The van der Waals surface area contributed by atoms with Crippen LogP contribution in [-0.2, 0) is 4.79 Å². The molecule has 2 rings (SSSR count). The molecule has 1 atom stereocenters. The van der Waals surface area contributed by atoms with Gasteiger partial charge in [-0.25, -0.2) is 0 Å². The van der Waals surface area contributed by atoms with Gasteiger partial charge in [-0.15, -0.1) is 0 Å². The summed E-state index contributed by atoms with van der Waals surface area (Å²) in [6.07, 6.45) is -4.11. The van der Waals surface area contributed by atoms with Gasteiger partial charge in [-0.3, -0.25) is 4.79 Å². The lowest BCUT2D eigenvalue weighted by Gasteiger charge is -2.18. The molecule has 0 aliphatic rings. The predicted octanol–water partition coefficient (Wildman–Crippen LogP) is 5.31. The molecule has 0 aliphatic carbocycles. The van der Waals surface area contributed by atoms with Gasteiger partial charge in [0.2, 0.25) is 5.91 Å². The number of rotatable bonds is 7. The second kappa shape index (κ2) is 9.49. The molecule has 0 spiro atoms. The van der Waals surface area contributed by atoms with Crippen LogP contribution in [0.4, 0.5) is 13.2 Å². The van der Waals surface area contributed by atoms with E-state index in [4.69, 9.17) is 9.47 Å². The summed E-state index contributed by atoms with van der Waals surface area (Å²) >= 11 is 0. The van der Waals surface area contributed by atoms with Crippen molar-refractivity contribution in [2.45, 2.75) is 39.1 Å². The summed E-state index contributed by atoms with van der Waals surface area (Å²) in [7, 11) is 1.49. The highest BCUT2D eigenvalue weighted by molar-refractivity contribution is 5.96. The Kier molecular flexibility index (Phi) is 7.31. The van der Waals surface area contributed by atoms with Gasteiger partial charge in [0.25, 0.3) is 0 Å². The van der Waals surface area contributed by atoms with E-state index in [1.54, 1.807) is 31.2 Å². The molecule has 0 aliphatic heterocycles. The summed E-state index contributed by atoms with van der Waals surface area (Å²) in [6, 6.07) is 11.8. The second-order valence-corrected chi connectivity index (χ2v) is 6.73. The van der Waals surface area contributed by atoms with Crippen molar-refractivity contribution < 1.29 is 27.4 Å². The van der Waals surface area contributed by atoms with Gasteiger partial charge in [0.05, 0.1) is 24.8 Å². The van der Waals surface area contributed by atoms with Crippen molar-refractivity contribution in [1.29, 1.82) is 0 Å². The molecule has 2 aromatic rings. The Labute approximate surface area is 168 Å². The Bertz CT molecular complexity index is 861. The highest BCUT2D eigenvalue weighted by atomic mass is 19.4. The van der Waals surface area contributed by atoms with Crippen LogP contribution in [-0.4, -0.2) is 25.3 Å². The molecule has 1 unspecified atom stereocenters. The second-order valence-electron chi connectivity index (χ2n) is 6.73. The van der Waals surface area contributed by atoms with E-state index in [2.05, 4.69) is 5.32 Å². The van der Waals surface area contributed by atoms with Gasteiger partial charge in [-0.2, -0.15) is 13.2 Å². The van der Waals surface area contributed by atoms with E-state index >= 15 is 0 Å². The standard InChI is InChI=1S/C22H24F3NO3/c1-14(2)29-19-11-10-17(12-20(19)28-4)15(3)26-21(27)13-18(22(23,24)25)16-8-6-5-7-9-16/h5-15H,1-4H3,(H,26,27)/b18-13-. The number of alkyl halides is 3. The minimum absolute atomic E-state index is 0.0456. The third-order valence-corrected chi connectivity index (χ3v) is 4.07. The van der Waals surface area contributed by atoms with Gasteiger partial charge in [-0.1, -0.05) is 36.4 Å². The fourth-order valence-electron chi connectivity index (χ4n) is 2.72. The van der Waals surface area contributed by atoms with E-state index in [0.717, 1.165) is 0 Å². The minimum atomic E-state index is -4.65. The Balaban J connectivity index is 2.22. The minimum Gasteiger partial charge on any atom is -0.493 e. The summed E-state index contributed by atoms with van der Waals surface area (Å²) in [5.74, 6) is 0.191. The van der Waals surface area contributed by atoms with Crippen LogP contribution in [0.2, 0.25) is 0 Å². The molecule has 0 heterocycles. The average Bonchev–Trinajstić information content (AvgIpc) is 2.65. The van der Waals surface area contributed by atoms with Gasteiger partial charge >= 0.3 is 6.18 Å². The molecule has 0 aromatic heterocycles. The Morgan fingerprint density at radius 3 is 2.24 bits per heavy atom. The third kappa shape index (κ3) is 6.27. The fraction of sp³-hybridized carbons (Fsp3) is 0.318. The van der Waals surface area contributed by atoms with Crippen LogP contribution in [0.15, 0.2) is 54.6 Å². The summed E-state index contributed by atoms with van der Waals surface area (Å²) < 4.78 is 51.1. The van der Waals surface area contributed by atoms with Crippen molar-refractivity contribution in [3.05, 3.63) is 65.7 Å². The number of methoxy groups -OCH3 is 1. The van der Waals surface area contributed by atoms with Crippen LogP contribution in [0, 0.1) is 0 Å². The molecule has 1 amide bonds. The molecule has 4 nitrogen and oxygen atoms in total. The van der Waals surface area contributed by atoms with Crippen LogP contribution < -0.4 is 14.8 Å². The van der Waals surface area contributed by atoms with Crippen molar-refractivity contribution in [2.24, 2.45) is 0 Å². The summed E-state index contributed by atoms with van der Waals surface area (Å²) in [4.78, 5) is 12.3. The Morgan fingerprint density at radius 2 is 1.69 bits per heavy atom. The van der Waals surface area contributed by atoms with Gasteiger partial charge in [-0.05, 0) is 44.0 Å². The zero-order valence-corrected chi connectivity index (χ0v) is 16.7. The molecule has 0 saturated heterocycles. The maximum absolute atomic E-state index is 13.4. The molecule has 156 valence electrons. The highest BCUT2D eigenvalue weighted by Gasteiger charge is 2.35. The van der Waals surface area contributed by atoms with Crippen LogP contribution in [0.3, 0.4) is 0 Å². The fourth-order valence-corrected chi connectivity index (χ4v) is 2.72. The monoisotopic (exact) mass is 407 g/mol. The number of hydrogen-bond acceptors (Lipinski definition) is 3. The van der Waals surface area contributed by atoms with Crippen molar-refractivity contribution in [3.8, 4) is 11.5 Å². The predicted molar refractivity (Wildman–Crippen MR) is 106 cm³/mol.